The fourth-order valence-electron chi connectivity index (χ4n) is 8.25. The van der Waals surface area contributed by atoms with E-state index in [0.29, 0.717) is 35.7 Å². The number of nitrogens with zero attached hydrogens (tertiary/aromatic N) is 1. The Labute approximate surface area is 277 Å². The fourth-order valence-corrected chi connectivity index (χ4v) is 10.8. The van der Waals surface area contributed by atoms with Crippen molar-refractivity contribution in [3.05, 3.63) is 53.6 Å². The molecule has 1 spiro atoms. The molecule has 2 unspecified atom stereocenters. The number of amides is 3. The smallest absolute Gasteiger partial charge is 0.264 e. The molecule has 4 aliphatic rings. The van der Waals surface area contributed by atoms with Crippen LogP contribution >= 0.6 is 0 Å². The highest BCUT2D eigenvalue weighted by Crippen LogP contribution is 2.60. The molecular formula is C35H48FN5O5Si. The molecule has 4 aliphatic heterocycles. The first-order chi connectivity index (χ1) is 22.5. The van der Waals surface area contributed by atoms with Gasteiger partial charge < -0.3 is 40.1 Å². The van der Waals surface area contributed by atoms with Gasteiger partial charge in [-0.1, -0.05) is 19.1 Å². The lowest BCUT2D eigenvalue weighted by Crippen LogP contribution is -2.45. The number of carbonyl (C=O) groups excluding carboxylic acids is 3. The summed E-state index contributed by atoms with van der Waals surface area (Å²) in [6.45, 7) is 8.28. The van der Waals surface area contributed by atoms with E-state index in [-0.39, 0.29) is 49.1 Å². The van der Waals surface area contributed by atoms with E-state index in [1.807, 2.05) is 43.3 Å². The molecular weight excluding hydrogens is 617 g/mol. The molecule has 2 aromatic carbocycles. The third-order valence-electron chi connectivity index (χ3n) is 10.5. The average Bonchev–Trinajstić information content (AvgIpc) is 3.48. The van der Waals surface area contributed by atoms with Gasteiger partial charge in [0.25, 0.3) is 5.91 Å². The summed E-state index contributed by atoms with van der Waals surface area (Å²) < 4.78 is 22.7. The quantitative estimate of drug-likeness (QED) is 0.200. The molecule has 0 saturated carbocycles. The topological polar surface area (TPSA) is 132 Å². The molecule has 6 atom stereocenters. The summed E-state index contributed by atoms with van der Waals surface area (Å²) in [5, 5.41) is 22.6. The first-order valence-electron chi connectivity index (χ1n) is 17.1. The van der Waals surface area contributed by atoms with E-state index in [2.05, 4.69) is 21.3 Å². The molecule has 12 heteroatoms. The molecule has 3 saturated heterocycles. The maximum Gasteiger partial charge on any atom is 0.264 e. The zero-order valence-electron chi connectivity index (χ0n) is 27.6. The number of aliphatic hydroxyl groups excluding tert-OH is 1. The Bertz CT molecular complexity index is 1490. The second kappa shape index (κ2) is 13.8. The van der Waals surface area contributed by atoms with Gasteiger partial charge in [-0.25, -0.2) is 0 Å². The fraction of sp³-hybridized carbons (Fsp3) is 0.571. The molecule has 10 nitrogen and oxygen atoms in total. The van der Waals surface area contributed by atoms with Crippen molar-refractivity contribution in [3.63, 3.8) is 0 Å². The highest BCUT2D eigenvalue weighted by molar-refractivity contribution is 6.72. The lowest BCUT2D eigenvalue weighted by molar-refractivity contribution is -0.146. The number of anilines is 3. The van der Waals surface area contributed by atoms with E-state index >= 15 is 4.11 Å². The Kier molecular flexibility index (Phi) is 9.87. The summed E-state index contributed by atoms with van der Waals surface area (Å²) in [7, 11) is -3.36. The predicted octanol–water partition coefficient (Wildman–Crippen LogP) is 4.27. The second-order valence-corrected chi connectivity index (χ2v) is 18.0. The molecule has 0 bridgehead atoms. The third kappa shape index (κ3) is 6.63. The Hall–Kier alpha value is -3.16. The van der Waals surface area contributed by atoms with Gasteiger partial charge in [0.15, 0.2) is 5.60 Å². The monoisotopic (exact) mass is 665 g/mol. The second-order valence-electron chi connectivity index (χ2n) is 14.2. The lowest BCUT2D eigenvalue weighted by atomic mass is 9.82. The van der Waals surface area contributed by atoms with Crippen LogP contribution in [0.5, 0.6) is 0 Å². The van der Waals surface area contributed by atoms with Crippen molar-refractivity contribution in [2.75, 3.05) is 48.3 Å². The minimum absolute atomic E-state index is 0.0263. The zero-order chi connectivity index (χ0) is 33.3. The van der Waals surface area contributed by atoms with Crippen LogP contribution in [0.15, 0.2) is 42.5 Å². The van der Waals surface area contributed by atoms with Crippen molar-refractivity contribution in [2.24, 2.45) is 17.8 Å². The number of piperidine rings is 2. The molecule has 4 heterocycles. The Morgan fingerprint density at radius 3 is 2.23 bits per heavy atom. The zero-order valence-corrected chi connectivity index (χ0v) is 28.6. The molecule has 47 heavy (non-hydrogen) atoms. The molecule has 0 radical (unpaired) electrons. The van der Waals surface area contributed by atoms with E-state index < -0.39 is 31.6 Å². The van der Waals surface area contributed by atoms with E-state index in [9.17, 15) is 19.5 Å². The van der Waals surface area contributed by atoms with E-state index in [0.717, 1.165) is 44.3 Å². The third-order valence-corrected chi connectivity index (χ3v) is 13.0. The number of hydrogen-bond donors (Lipinski definition) is 5. The maximum absolute atomic E-state index is 16.0. The largest absolute Gasteiger partial charge is 0.396 e. The first kappa shape index (κ1) is 33.7. The van der Waals surface area contributed by atoms with Gasteiger partial charge in [0.1, 0.15) is 0 Å². The number of carbonyl (C=O) groups is 3. The predicted molar refractivity (Wildman–Crippen MR) is 182 cm³/mol. The number of halogens is 1. The minimum atomic E-state index is -3.36. The number of fused-ring (bicyclic) bond motifs is 2. The van der Waals surface area contributed by atoms with Crippen LogP contribution in [-0.4, -0.2) is 70.1 Å². The van der Waals surface area contributed by atoms with Gasteiger partial charge in [-0.05, 0) is 94.2 Å². The average molecular weight is 666 g/mol. The van der Waals surface area contributed by atoms with Gasteiger partial charge in [-0.3, -0.25) is 14.4 Å². The summed E-state index contributed by atoms with van der Waals surface area (Å²) in [4.78, 5) is 42.5. The number of nitrogens with one attached hydrogen (secondary N) is 4. The number of ether oxygens (including phenoxy) is 1. The van der Waals surface area contributed by atoms with E-state index in [1.165, 1.54) is 0 Å². The number of benzene rings is 2. The molecule has 2 aromatic rings. The number of rotatable bonds is 9. The lowest BCUT2D eigenvalue weighted by Gasteiger charge is -2.31. The molecule has 3 fully saturated rings. The van der Waals surface area contributed by atoms with Crippen molar-refractivity contribution in [1.82, 2.24) is 10.6 Å². The highest BCUT2D eigenvalue weighted by Gasteiger charge is 2.66. The summed E-state index contributed by atoms with van der Waals surface area (Å²) in [6.07, 6.45) is 3.13. The van der Waals surface area contributed by atoms with Gasteiger partial charge in [-0.2, -0.15) is 0 Å². The summed E-state index contributed by atoms with van der Waals surface area (Å²) in [6, 6.07) is 13.0. The van der Waals surface area contributed by atoms with Crippen molar-refractivity contribution >= 4 is 43.2 Å². The van der Waals surface area contributed by atoms with Crippen LogP contribution in [-0.2, 0) is 31.3 Å². The van der Waals surface area contributed by atoms with Gasteiger partial charge >= 0.3 is 0 Å². The van der Waals surface area contributed by atoms with Gasteiger partial charge in [0.05, 0.1) is 30.2 Å². The molecule has 3 amide bonds. The van der Waals surface area contributed by atoms with Crippen LogP contribution in [0.25, 0.3) is 0 Å². The van der Waals surface area contributed by atoms with Crippen molar-refractivity contribution in [3.8, 4) is 0 Å². The summed E-state index contributed by atoms with van der Waals surface area (Å²) in [5.41, 5.74) is 1.29. The van der Waals surface area contributed by atoms with Crippen LogP contribution in [0.3, 0.4) is 0 Å². The van der Waals surface area contributed by atoms with Gasteiger partial charge in [-0.15, -0.1) is 0 Å². The molecule has 5 N–H and O–H groups in total. The standard InChI is InChI=1S/C35H48FN5O5Si/c1-22-31(47(2,3)36)30(13-16-42)46-35(22)28-18-27(40-33(44)25-9-6-15-38-20-25)11-12-29(28)41(34(35)45)21-23-7-4-10-26(17-23)39-32(43)24-8-5-14-37-19-24/h4,7,10-12,17-18,22,24-25,30-31,37-38,42H,5-6,8-9,13-16,19-21H2,1-3H3,(H,39,43)(H,40,44)/t22-,24?,25?,30+,31-,35+/m0/s1. The van der Waals surface area contributed by atoms with Gasteiger partial charge in [0.2, 0.25) is 20.2 Å². The summed E-state index contributed by atoms with van der Waals surface area (Å²) in [5.74, 6) is -1.14. The number of aliphatic hydroxyl groups is 1. The van der Waals surface area contributed by atoms with Crippen molar-refractivity contribution in [1.29, 1.82) is 0 Å². The Morgan fingerprint density at radius 1 is 1.02 bits per heavy atom. The van der Waals surface area contributed by atoms with Gasteiger partial charge in [0, 0.05) is 48.1 Å². The maximum atomic E-state index is 16.0. The first-order valence-corrected chi connectivity index (χ1v) is 20.0. The SMILES string of the molecule is C[C@H]1[C@H]([Si](C)(C)F)[C@@H](CCO)O[C@]12C(=O)N(Cc1cccc(NC(=O)C3CCCNC3)c1)c1ccc(NC(=O)C3CCCNC3)cc12. The van der Waals surface area contributed by atoms with Crippen molar-refractivity contribution < 1.29 is 28.3 Å². The molecule has 0 aromatic heterocycles. The van der Waals surface area contributed by atoms with E-state index in [4.69, 9.17) is 4.74 Å². The van der Waals surface area contributed by atoms with Crippen LogP contribution < -0.4 is 26.2 Å². The molecule has 6 rings (SSSR count). The van der Waals surface area contributed by atoms with Crippen molar-refractivity contribution in [2.45, 2.75) is 75.9 Å². The molecule has 0 aliphatic carbocycles. The van der Waals surface area contributed by atoms with Crippen LogP contribution in [0.4, 0.5) is 21.2 Å². The minimum Gasteiger partial charge on any atom is -0.396 e. The number of hydrogen-bond acceptors (Lipinski definition) is 7. The van der Waals surface area contributed by atoms with E-state index in [1.54, 1.807) is 24.1 Å². The summed E-state index contributed by atoms with van der Waals surface area (Å²) >= 11 is 0. The normalized spacial score (nSPS) is 29.2. The highest BCUT2D eigenvalue weighted by atomic mass is 28.4. The Balaban J connectivity index is 1.33. The van der Waals surface area contributed by atoms with Crippen LogP contribution in [0.2, 0.25) is 18.6 Å². The van der Waals surface area contributed by atoms with Crippen LogP contribution in [0.1, 0.15) is 50.2 Å². The Morgan fingerprint density at radius 2 is 1.66 bits per heavy atom. The van der Waals surface area contributed by atoms with Crippen LogP contribution in [0, 0.1) is 17.8 Å². The molecule has 254 valence electrons.